The third kappa shape index (κ3) is 4.85. The number of nitrogens with one attached hydrogen (secondary N) is 2. The smallest absolute Gasteiger partial charge is 0.321 e. The Hall–Kier alpha value is -3.40. The number of urea groups is 1. The van der Waals surface area contributed by atoms with E-state index < -0.39 is 0 Å². The van der Waals surface area contributed by atoms with Crippen LogP contribution in [-0.2, 0) is 7.05 Å². The molecule has 3 heterocycles. The van der Waals surface area contributed by atoms with Crippen LogP contribution in [0.2, 0.25) is 0 Å². The molecule has 4 N–H and O–H groups in total. The molecule has 4 rings (SSSR count). The van der Waals surface area contributed by atoms with Crippen LogP contribution < -0.4 is 16.4 Å². The minimum absolute atomic E-state index is 0.160. The van der Waals surface area contributed by atoms with Crippen LogP contribution in [0.4, 0.5) is 16.3 Å². The molecule has 1 aliphatic heterocycles. The zero-order valence-electron chi connectivity index (χ0n) is 16.9. The van der Waals surface area contributed by atoms with E-state index >= 15 is 0 Å². The molecule has 3 amide bonds. The van der Waals surface area contributed by atoms with Crippen molar-refractivity contribution in [3.8, 4) is 11.1 Å². The summed E-state index contributed by atoms with van der Waals surface area (Å²) in [7, 11) is 1.82. The van der Waals surface area contributed by atoms with Crippen LogP contribution in [-0.4, -0.2) is 50.7 Å². The molecule has 9 nitrogen and oxygen atoms in total. The number of likely N-dealkylation sites (tertiary alicyclic amines) is 1. The molecule has 0 saturated carbocycles. The third-order valence-electron chi connectivity index (χ3n) is 5.11. The zero-order chi connectivity index (χ0) is 22.0. The average molecular weight is 484 g/mol. The van der Waals surface area contributed by atoms with Gasteiger partial charge in [0, 0.05) is 59.9 Å². The van der Waals surface area contributed by atoms with Gasteiger partial charge < -0.3 is 21.3 Å². The normalized spacial score (nSPS) is 15.7. The summed E-state index contributed by atoms with van der Waals surface area (Å²) in [6, 6.07) is 8.72. The maximum absolute atomic E-state index is 12.8. The maximum atomic E-state index is 12.8. The lowest BCUT2D eigenvalue weighted by Crippen LogP contribution is -2.40. The second-order valence-corrected chi connectivity index (χ2v) is 8.32. The number of rotatable bonds is 4. The van der Waals surface area contributed by atoms with Gasteiger partial charge in [0.1, 0.15) is 5.82 Å². The van der Waals surface area contributed by atoms with Gasteiger partial charge in [0.15, 0.2) is 0 Å². The van der Waals surface area contributed by atoms with Crippen LogP contribution in [0.1, 0.15) is 16.8 Å². The van der Waals surface area contributed by atoms with Gasteiger partial charge in [-0.3, -0.25) is 9.48 Å². The number of aromatic nitrogens is 3. The highest BCUT2D eigenvalue weighted by Crippen LogP contribution is 2.22. The summed E-state index contributed by atoms with van der Waals surface area (Å²) >= 11 is 3.37. The number of carbonyl (C=O) groups is 2. The monoisotopic (exact) mass is 483 g/mol. The van der Waals surface area contributed by atoms with Gasteiger partial charge in [0.05, 0.1) is 11.8 Å². The fourth-order valence-electron chi connectivity index (χ4n) is 3.45. The molecule has 0 bridgehead atoms. The van der Waals surface area contributed by atoms with Crippen LogP contribution in [0.5, 0.6) is 0 Å². The van der Waals surface area contributed by atoms with Gasteiger partial charge in [0.25, 0.3) is 5.91 Å². The van der Waals surface area contributed by atoms with Gasteiger partial charge in [-0.25, -0.2) is 9.78 Å². The van der Waals surface area contributed by atoms with Crippen LogP contribution in [0.15, 0.2) is 53.4 Å². The molecular formula is C21H22BrN7O2. The van der Waals surface area contributed by atoms with E-state index in [2.05, 4.69) is 36.6 Å². The highest BCUT2D eigenvalue weighted by molar-refractivity contribution is 9.10. The van der Waals surface area contributed by atoms with Gasteiger partial charge in [-0.05, 0) is 36.8 Å². The molecule has 0 spiro atoms. The fourth-order valence-corrected chi connectivity index (χ4v) is 3.71. The Morgan fingerprint density at radius 2 is 1.97 bits per heavy atom. The lowest BCUT2D eigenvalue weighted by molar-refractivity contribution is 0.0938. The number of nitrogens with two attached hydrogens (primary N) is 1. The molecule has 31 heavy (non-hydrogen) atoms. The van der Waals surface area contributed by atoms with Crippen LogP contribution in [0.3, 0.4) is 0 Å². The van der Waals surface area contributed by atoms with Crippen molar-refractivity contribution in [2.45, 2.75) is 12.5 Å². The van der Waals surface area contributed by atoms with E-state index in [1.165, 1.54) is 0 Å². The Morgan fingerprint density at radius 3 is 2.68 bits per heavy atom. The van der Waals surface area contributed by atoms with Crippen molar-refractivity contribution in [2.75, 3.05) is 24.1 Å². The maximum Gasteiger partial charge on any atom is 0.321 e. The first kappa shape index (κ1) is 20.9. The number of anilines is 2. The molecule has 2 aromatic heterocycles. The van der Waals surface area contributed by atoms with Gasteiger partial charge in [0.2, 0.25) is 0 Å². The molecule has 3 aromatic rings. The highest BCUT2D eigenvalue weighted by Gasteiger charge is 2.28. The molecule has 160 valence electrons. The summed E-state index contributed by atoms with van der Waals surface area (Å²) in [4.78, 5) is 31.2. The van der Waals surface area contributed by atoms with Crippen molar-refractivity contribution in [3.05, 3.63) is 59.0 Å². The lowest BCUT2D eigenvalue weighted by atomic mass is 10.1. The molecule has 1 aliphatic rings. The molecule has 1 atom stereocenters. The van der Waals surface area contributed by atoms with Crippen molar-refractivity contribution in [1.82, 2.24) is 25.0 Å². The number of aryl methyl sites for hydroxylation is 1. The lowest BCUT2D eigenvalue weighted by Gasteiger charge is -2.18. The highest BCUT2D eigenvalue weighted by atomic mass is 79.9. The first-order valence-corrected chi connectivity index (χ1v) is 10.6. The number of hydrogen-bond donors (Lipinski definition) is 3. The first-order chi connectivity index (χ1) is 14.9. The largest absolute Gasteiger partial charge is 0.383 e. The van der Waals surface area contributed by atoms with Gasteiger partial charge in [-0.15, -0.1) is 0 Å². The van der Waals surface area contributed by atoms with E-state index in [4.69, 9.17) is 5.73 Å². The van der Waals surface area contributed by atoms with Gasteiger partial charge in [-0.1, -0.05) is 15.9 Å². The van der Waals surface area contributed by atoms with E-state index in [9.17, 15) is 9.59 Å². The summed E-state index contributed by atoms with van der Waals surface area (Å²) in [6.07, 6.45) is 5.82. The number of amides is 3. The van der Waals surface area contributed by atoms with Crippen LogP contribution in [0, 0.1) is 0 Å². The number of pyridine rings is 1. The Kier molecular flexibility index (Phi) is 5.90. The summed E-state index contributed by atoms with van der Waals surface area (Å²) in [5, 5.41) is 9.98. The Labute approximate surface area is 187 Å². The molecule has 1 saturated heterocycles. The number of nitrogens with zero attached hydrogens (tertiary/aromatic N) is 4. The molecular weight excluding hydrogens is 462 g/mol. The summed E-state index contributed by atoms with van der Waals surface area (Å²) in [6.45, 7) is 0.973. The molecule has 0 unspecified atom stereocenters. The summed E-state index contributed by atoms with van der Waals surface area (Å²) in [5.74, 6) is -0.149. The van der Waals surface area contributed by atoms with Crippen LogP contribution in [0.25, 0.3) is 11.1 Å². The quantitative estimate of drug-likeness (QED) is 0.527. The van der Waals surface area contributed by atoms with E-state index in [1.807, 2.05) is 37.5 Å². The summed E-state index contributed by atoms with van der Waals surface area (Å²) < 4.78 is 2.62. The topological polar surface area (TPSA) is 118 Å². The predicted octanol–water partition coefficient (Wildman–Crippen LogP) is 2.86. The fraction of sp³-hybridized carbons (Fsp3) is 0.238. The van der Waals surface area contributed by atoms with Crippen LogP contribution >= 0.6 is 15.9 Å². The minimum atomic E-state index is -0.309. The Bertz CT molecular complexity index is 1110. The van der Waals surface area contributed by atoms with Gasteiger partial charge >= 0.3 is 6.03 Å². The van der Waals surface area contributed by atoms with E-state index in [0.29, 0.717) is 30.8 Å². The van der Waals surface area contributed by atoms with E-state index in [0.717, 1.165) is 15.6 Å². The predicted molar refractivity (Wildman–Crippen MR) is 121 cm³/mol. The van der Waals surface area contributed by atoms with E-state index in [-0.39, 0.29) is 23.8 Å². The second-order valence-electron chi connectivity index (χ2n) is 7.40. The van der Waals surface area contributed by atoms with Crippen molar-refractivity contribution in [2.24, 2.45) is 7.05 Å². The average Bonchev–Trinajstić information content (AvgIpc) is 3.39. The minimum Gasteiger partial charge on any atom is -0.383 e. The number of halogens is 1. The first-order valence-electron chi connectivity index (χ1n) is 9.76. The van der Waals surface area contributed by atoms with Crippen molar-refractivity contribution in [1.29, 1.82) is 0 Å². The molecule has 0 radical (unpaired) electrons. The molecule has 0 aliphatic carbocycles. The SMILES string of the molecule is Cn1cc(-c2cnc(N)c(C(=O)N[C@@H]3CCN(C(=O)Nc4ccc(Br)cc4)C3)c2)cn1. The van der Waals surface area contributed by atoms with Crippen molar-refractivity contribution >= 4 is 39.4 Å². The standard InChI is InChI=1S/C21H22BrN7O2/c1-28-11-14(10-25-28)13-8-18(19(23)24-9-13)20(30)26-17-6-7-29(12-17)21(31)27-16-4-2-15(22)3-5-16/h2-5,8-11,17H,6-7,12H2,1H3,(H2,23,24)(H,26,30)(H,27,31)/t17-/m1/s1. The Morgan fingerprint density at radius 1 is 1.19 bits per heavy atom. The Balaban J connectivity index is 1.38. The molecule has 1 aromatic carbocycles. The van der Waals surface area contributed by atoms with Gasteiger partial charge in [-0.2, -0.15) is 5.10 Å². The summed E-state index contributed by atoms with van der Waals surface area (Å²) in [5.41, 5.74) is 8.58. The second kappa shape index (κ2) is 8.76. The number of nitrogen functional groups attached to an aromatic ring is 1. The number of carbonyl (C=O) groups excluding carboxylic acids is 2. The molecule has 1 fully saturated rings. The van der Waals surface area contributed by atoms with E-state index in [1.54, 1.807) is 28.0 Å². The zero-order valence-corrected chi connectivity index (χ0v) is 18.5. The number of hydrogen-bond acceptors (Lipinski definition) is 5. The third-order valence-corrected chi connectivity index (χ3v) is 5.64. The molecule has 10 heteroatoms. The van der Waals surface area contributed by atoms with Crippen molar-refractivity contribution in [3.63, 3.8) is 0 Å². The van der Waals surface area contributed by atoms with Crippen molar-refractivity contribution < 1.29 is 9.59 Å². The number of benzene rings is 1.